The molecular formula is C37H59IO7SSi. The molecule has 3 fully saturated rings. The second kappa shape index (κ2) is 19.1. The van der Waals surface area contributed by atoms with Crippen LogP contribution >= 0.6 is 33.9 Å². The van der Waals surface area contributed by atoms with Crippen molar-refractivity contribution in [2.24, 2.45) is 11.8 Å². The first-order valence-corrected chi connectivity index (χ1v) is 22.7. The summed E-state index contributed by atoms with van der Waals surface area (Å²) in [7, 11) is -2.03. The molecule has 3 aliphatic rings. The van der Waals surface area contributed by atoms with Gasteiger partial charge in [0.15, 0.2) is 20.9 Å². The number of aliphatic carboxylic acids is 1. The van der Waals surface area contributed by atoms with Crippen molar-refractivity contribution in [1.82, 2.24) is 0 Å². The van der Waals surface area contributed by atoms with Gasteiger partial charge in [0.05, 0.1) is 21.2 Å². The van der Waals surface area contributed by atoms with Gasteiger partial charge in [0.25, 0.3) is 0 Å². The van der Waals surface area contributed by atoms with Crippen LogP contribution in [0.15, 0.2) is 36.4 Å². The smallest absolute Gasteiger partial charge is 0.303 e. The highest BCUT2D eigenvalue weighted by molar-refractivity contribution is 14.1. The van der Waals surface area contributed by atoms with Gasteiger partial charge in [-0.05, 0) is 129 Å². The van der Waals surface area contributed by atoms with Crippen molar-refractivity contribution >= 4 is 48.2 Å². The van der Waals surface area contributed by atoms with E-state index in [9.17, 15) is 4.79 Å². The van der Waals surface area contributed by atoms with Gasteiger partial charge in [-0.1, -0.05) is 45.1 Å². The lowest BCUT2D eigenvalue weighted by molar-refractivity contribution is -0.203. The summed E-state index contributed by atoms with van der Waals surface area (Å²) in [5.41, 5.74) is 0. The second-order valence-corrected chi connectivity index (χ2v) is 22.8. The minimum Gasteiger partial charge on any atom is -0.481 e. The average molecular weight is 803 g/mol. The third-order valence-corrected chi connectivity index (χ3v) is 16.7. The molecule has 0 radical (unpaired) electrons. The number of thiophene rings is 1. The van der Waals surface area contributed by atoms with E-state index in [4.69, 9.17) is 28.5 Å². The Kier molecular flexibility index (Phi) is 15.9. The van der Waals surface area contributed by atoms with Gasteiger partial charge < -0.3 is 28.5 Å². The van der Waals surface area contributed by atoms with E-state index in [0.29, 0.717) is 6.42 Å². The number of aryl methyl sites for hydroxylation is 1. The summed E-state index contributed by atoms with van der Waals surface area (Å²) in [6.07, 6.45) is 20.2. The van der Waals surface area contributed by atoms with E-state index in [1.165, 1.54) is 7.76 Å². The zero-order valence-corrected chi connectivity index (χ0v) is 33.3. The van der Waals surface area contributed by atoms with Crippen LogP contribution in [0, 0.1) is 14.7 Å². The third kappa shape index (κ3) is 12.9. The minimum absolute atomic E-state index is 0.00189. The molecule has 1 N–H and O–H groups in total. The number of allylic oxidation sites excluding steroid dienone is 2. The fourth-order valence-electron chi connectivity index (χ4n) is 6.50. The monoisotopic (exact) mass is 802 g/mol. The van der Waals surface area contributed by atoms with Gasteiger partial charge in [0.2, 0.25) is 0 Å². The average Bonchev–Trinajstić information content (AvgIpc) is 3.58. The highest BCUT2D eigenvalue weighted by atomic mass is 127. The first-order chi connectivity index (χ1) is 22.4. The molecule has 1 saturated carbocycles. The minimum atomic E-state index is -2.03. The molecule has 0 bridgehead atoms. The fraction of sp³-hybridized carbons (Fsp3) is 0.757. The summed E-state index contributed by atoms with van der Waals surface area (Å²) in [4.78, 5) is 12.4. The molecule has 266 valence electrons. The number of carboxylic acid groups (broad SMARTS) is 1. The molecule has 7 atom stereocenters. The number of carboxylic acids is 1. The summed E-state index contributed by atoms with van der Waals surface area (Å²) in [5, 5.41) is 9.18. The summed E-state index contributed by atoms with van der Waals surface area (Å²) in [5.74, 6) is -0.409. The van der Waals surface area contributed by atoms with E-state index < -0.39 is 14.3 Å². The summed E-state index contributed by atoms with van der Waals surface area (Å²) in [6.45, 7) is 13.1. The Bertz CT molecular complexity index is 1140. The summed E-state index contributed by atoms with van der Waals surface area (Å²) >= 11 is 4.27. The predicted molar refractivity (Wildman–Crippen MR) is 200 cm³/mol. The van der Waals surface area contributed by atoms with Crippen molar-refractivity contribution in [3.05, 3.63) is 44.2 Å². The van der Waals surface area contributed by atoms with Crippen molar-refractivity contribution in [2.75, 3.05) is 13.2 Å². The van der Waals surface area contributed by atoms with Crippen LogP contribution in [0.4, 0.5) is 0 Å². The van der Waals surface area contributed by atoms with E-state index in [0.717, 1.165) is 83.8 Å². The standard InChI is InChI=1S/C37H59IO7SSi/c1-37(2,3)47(4,5)45-27(18-20-28-21-23-33(38)46-28)19-22-30-29(14-8-6-7-9-15-34(39)40)31(43-35-16-10-12-24-41-35)26-32(30)44-36-17-11-13-25-42-36/h6,8,19,21-23,27,29-32,35-36H,7,9-18,20,24-26H2,1-5H3,(H,39,40)/b8-6-,22-19+/t27-,29+,30+,31-,32+,35?,36?/m1/s1. The first-order valence-electron chi connectivity index (χ1n) is 17.9. The number of hydrogen-bond donors (Lipinski definition) is 1. The molecule has 3 heterocycles. The molecule has 0 aromatic carbocycles. The van der Waals surface area contributed by atoms with Gasteiger partial charge in [-0.25, -0.2) is 0 Å². The van der Waals surface area contributed by atoms with Gasteiger partial charge in [-0.2, -0.15) is 0 Å². The quantitative estimate of drug-likeness (QED) is 0.0727. The highest BCUT2D eigenvalue weighted by Gasteiger charge is 2.45. The van der Waals surface area contributed by atoms with Crippen molar-refractivity contribution in [2.45, 2.75) is 153 Å². The van der Waals surface area contributed by atoms with Gasteiger partial charge >= 0.3 is 5.97 Å². The van der Waals surface area contributed by atoms with Crippen molar-refractivity contribution in [3.8, 4) is 0 Å². The van der Waals surface area contributed by atoms with E-state index in [2.05, 4.69) is 92.9 Å². The largest absolute Gasteiger partial charge is 0.481 e. The normalized spacial score (nSPS) is 28.4. The lowest BCUT2D eigenvalue weighted by atomic mass is 9.89. The Hall–Kier alpha value is -0.603. The Labute approximate surface area is 302 Å². The van der Waals surface area contributed by atoms with Crippen LogP contribution in [0.2, 0.25) is 18.1 Å². The predicted octanol–water partition coefficient (Wildman–Crippen LogP) is 9.89. The number of halogens is 1. The molecule has 47 heavy (non-hydrogen) atoms. The van der Waals surface area contributed by atoms with Crippen LogP contribution in [0.1, 0.15) is 103 Å². The van der Waals surface area contributed by atoms with Gasteiger partial charge in [0.1, 0.15) is 0 Å². The SMILES string of the molecule is CC(C)(C)[Si](C)(C)O[C@@H](/C=C/[C@H]1[C@H](C/C=C\CCCC(=O)O)[C@H](OC2CCCCO2)C[C@@H]1OC1CCCCO1)CCc1ccc(I)s1. The molecule has 4 rings (SSSR count). The van der Waals surface area contributed by atoms with Crippen LogP contribution in [0.5, 0.6) is 0 Å². The zero-order valence-electron chi connectivity index (χ0n) is 29.3. The van der Waals surface area contributed by atoms with Gasteiger partial charge in [0, 0.05) is 36.9 Å². The molecule has 10 heteroatoms. The number of ether oxygens (including phenoxy) is 4. The van der Waals surface area contributed by atoms with Gasteiger partial charge in [-0.15, -0.1) is 11.3 Å². The van der Waals surface area contributed by atoms with Crippen molar-refractivity contribution in [1.29, 1.82) is 0 Å². The summed E-state index contributed by atoms with van der Waals surface area (Å²) < 4.78 is 34.1. The van der Waals surface area contributed by atoms with E-state index >= 15 is 0 Å². The van der Waals surface area contributed by atoms with Crippen LogP contribution in [0.25, 0.3) is 0 Å². The van der Waals surface area contributed by atoms with Crippen LogP contribution < -0.4 is 0 Å². The lowest BCUT2D eigenvalue weighted by Gasteiger charge is -2.39. The molecule has 7 nitrogen and oxygen atoms in total. The molecule has 1 aromatic heterocycles. The number of carbonyl (C=O) groups is 1. The summed E-state index contributed by atoms with van der Waals surface area (Å²) in [6, 6.07) is 4.45. The van der Waals surface area contributed by atoms with Crippen LogP contribution in [0.3, 0.4) is 0 Å². The molecule has 2 saturated heterocycles. The zero-order chi connectivity index (χ0) is 33.9. The number of rotatable bonds is 17. The topological polar surface area (TPSA) is 83.5 Å². The first kappa shape index (κ1) is 39.2. The van der Waals surface area contributed by atoms with E-state index in [1.807, 2.05) is 11.3 Å². The molecule has 2 unspecified atom stereocenters. The van der Waals surface area contributed by atoms with E-state index in [1.54, 1.807) is 0 Å². The number of unbranched alkanes of at least 4 members (excludes halogenated alkanes) is 1. The molecule has 1 aliphatic carbocycles. The highest BCUT2D eigenvalue weighted by Crippen LogP contribution is 2.43. The Morgan fingerprint density at radius 3 is 2.32 bits per heavy atom. The Balaban J connectivity index is 1.58. The molecule has 0 amide bonds. The van der Waals surface area contributed by atoms with Crippen molar-refractivity contribution < 1.29 is 33.3 Å². The lowest BCUT2D eigenvalue weighted by Crippen LogP contribution is -2.43. The van der Waals surface area contributed by atoms with Crippen molar-refractivity contribution in [3.63, 3.8) is 0 Å². The second-order valence-electron chi connectivity index (χ2n) is 15.0. The molecule has 1 aromatic rings. The maximum absolute atomic E-state index is 11.0. The molecule has 2 aliphatic heterocycles. The Morgan fingerprint density at radius 2 is 1.74 bits per heavy atom. The van der Waals surface area contributed by atoms with Crippen LogP contribution in [-0.2, 0) is 34.6 Å². The fourth-order valence-corrected chi connectivity index (χ4v) is 9.58. The maximum atomic E-state index is 11.0. The molecular weight excluding hydrogens is 743 g/mol. The molecule has 0 spiro atoms. The third-order valence-electron chi connectivity index (χ3n) is 10.2. The van der Waals surface area contributed by atoms with Crippen LogP contribution in [-0.4, -0.2) is 63.5 Å². The number of hydrogen-bond acceptors (Lipinski definition) is 7. The van der Waals surface area contributed by atoms with Gasteiger partial charge in [-0.3, -0.25) is 4.79 Å². The Morgan fingerprint density at radius 1 is 1.06 bits per heavy atom. The maximum Gasteiger partial charge on any atom is 0.303 e. The van der Waals surface area contributed by atoms with E-state index in [-0.39, 0.29) is 54.2 Å².